The van der Waals surface area contributed by atoms with Gasteiger partial charge in [0.25, 0.3) is 5.89 Å². The van der Waals surface area contributed by atoms with Crippen LogP contribution < -0.4 is 9.47 Å². The second-order valence-corrected chi connectivity index (χ2v) is 4.91. The van der Waals surface area contributed by atoms with Crippen molar-refractivity contribution in [3.05, 3.63) is 47.5 Å². The highest BCUT2D eigenvalue weighted by Crippen LogP contribution is 2.31. The number of methoxy groups -OCH3 is 2. The molecule has 0 aliphatic rings. The van der Waals surface area contributed by atoms with Gasteiger partial charge < -0.3 is 14.0 Å². The number of hydrogen-bond acceptors (Lipinski definition) is 5. The van der Waals surface area contributed by atoms with Crippen molar-refractivity contribution in [1.29, 1.82) is 0 Å². The zero-order valence-corrected chi connectivity index (χ0v) is 12.8. The van der Waals surface area contributed by atoms with E-state index >= 15 is 0 Å². The van der Waals surface area contributed by atoms with Crippen LogP contribution in [0.1, 0.15) is 0 Å². The highest BCUT2D eigenvalue weighted by molar-refractivity contribution is 6.33. The Hall–Kier alpha value is -2.53. The van der Waals surface area contributed by atoms with Crippen molar-refractivity contribution < 1.29 is 14.0 Å². The lowest BCUT2D eigenvalue weighted by Crippen LogP contribution is -1.89. The molecule has 2 aromatic carbocycles. The van der Waals surface area contributed by atoms with Crippen molar-refractivity contribution in [2.24, 2.45) is 0 Å². The van der Waals surface area contributed by atoms with Crippen molar-refractivity contribution >= 4 is 11.6 Å². The first kappa shape index (κ1) is 14.4. The summed E-state index contributed by atoms with van der Waals surface area (Å²) in [5, 5.41) is 4.55. The van der Waals surface area contributed by atoms with E-state index in [-0.39, 0.29) is 0 Å². The standard InChI is InChI=1S/C16H13ClN2O3/c1-20-11-7-10(8-12(9-11)21-2)16-18-15(19-22-16)13-5-3-4-6-14(13)17/h3-9H,1-2H3. The molecule has 0 amide bonds. The van der Waals surface area contributed by atoms with E-state index in [1.807, 2.05) is 18.2 Å². The molecule has 3 rings (SSSR count). The molecule has 5 nitrogen and oxygen atoms in total. The minimum absolute atomic E-state index is 0.368. The fourth-order valence-electron chi connectivity index (χ4n) is 2.02. The van der Waals surface area contributed by atoms with Gasteiger partial charge in [-0.3, -0.25) is 0 Å². The third-order valence-electron chi connectivity index (χ3n) is 3.14. The van der Waals surface area contributed by atoms with Crippen LogP contribution in [0.25, 0.3) is 22.8 Å². The monoisotopic (exact) mass is 316 g/mol. The summed E-state index contributed by atoms with van der Waals surface area (Å²) in [5.74, 6) is 2.09. The van der Waals surface area contributed by atoms with Crippen LogP contribution in [-0.2, 0) is 0 Å². The topological polar surface area (TPSA) is 57.4 Å². The van der Waals surface area contributed by atoms with Crippen LogP contribution in [0, 0.1) is 0 Å². The number of hydrogen-bond donors (Lipinski definition) is 0. The molecule has 0 fully saturated rings. The number of nitrogens with zero attached hydrogens (tertiary/aromatic N) is 2. The number of ether oxygens (including phenoxy) is 2. The van der Waals surface area contributed by atoms with Gasteiger partial charge in [-0.2, -0.15) is 4.98 Å². The number of benzene rings is 2. The smallest absolute Gasteiger partial charge is 0.258 e. The summed E-state index contributed by atoms with van der Waals surface area (Å²) in [5.41, 5.74) is 1.43. The van der Waals surface area contributed by atoms with Crippen LogP contribution in [0.4, 0.5) is 0 Å². The van der Waals surface area contributed by atoms with Gasteiger partial charge in [0.1, 0.15) is 11.5 Å². The quantitative estimate of drug-likeness (QED) is 0.726. The molecule has 0 spiro atoms. The molecule has 0 aliphatic heterocycles. The average molecular weight is 317 g/mol. The van der Waals surface area contributed by atoms with Crippen molar-refractivity contribution in [1.82, 2.24) is 10.1 Å². The van der Waals surface area contributed by atoms with E-state index in [1.165, 1.54) is 0 Å². The van der Waals surface area contributed by atoms with Crippen LogP contribution in [0.5, 0.6) is 11.5 Å². The van der Waals surface area contributed by atoms with Crippen LogP contribution in [0.3, 0.4) is 0 Å². The molecule has 0 radical (unpaired) electrons. The fourth-order valence-corrected chi connectivity index (χ4v) is 2.24. The molecule has 0 atom stereocenters. The van der Waals surface area contributed by atoms with Gasteiger partial charge in [0.2, 0.25) is 5.82 Å². The van der Waals surface area contributed by atoms with Gasteiger partial charge in [-0.1, -0.05) is 28.9 Å². The van der Waals surface area contributed by atoms with Gasteiger partial charge in [-0.15, -0.1) is 0 Å². The SMILES string of the molecule is COc1cc(OC)cc(-c2nc(-c3ccccc3Cl)no2)c1. The van der Waals surface area contributed by atoms with E-state index in [4.69, 9.17) is 25.6 Å². The number of rotatable bonds is 4. The normalized spacial score (nSPS) is 10.5. The van der Waals surface area contributed by atoms with Crippen molar-refractivity contribution in [2.45, 2.75) is 0 Å². The Balaban J connectivity index is 2.02. The van der Waals surface area contributed by atoms with E-state index < -0.39 is 0 Å². The van der Waals surface area contributed by atoms with Crippen LogP contribution in [0.2, 0.25) is 5.02 Å². The van der Waals surface area contributed by atoms with E-state index in [9.17, 15) is 0 Å². The van der Waals surface area contributed by atoms with E-state index in [2.05, 4.69) is 10.1 Å². The van der Waals surface area contributed by atoms with Crippen molar-refractivity contribution in [3.8, 4) is 34.3 Å². The first-order valence-corrected chi connectivity index (χ1v) is 6.91. The Morgan fingerprint density at radius 3 is 2.32 bits per heavy atom. The van der Waals surface area contributed by atoms with E-state index in [0.717, 1.165) is 0 Å². The first-order chi connectivity index (χ1) is 10.7. The lowest BCUT2D eigenvalue weighted by molar-refractivity contribution is 0.393. The summed E-state index contributed by atoms with van der Waals surface area (Å²) in [4.78, 5) is 4.39. The molecule has 1 heterocycles. The number of aromatic nitrogens is 2. The molecule has 1 aromatic heterocycles. The van der Waals surface area contributed by atoms with E-state index in [1.54, 1.807) is 38.5 Å². The zero-order chi connectivity index (χ0) is 15.5. The van der Waals surface area contributed by atoms with Crippen LogP contribution >= 0.6 is 11.6 Å². The maximum Gasteiger partial charge on any atom is 0.258 e. The molecule has 112 valence electrons. The summed E-state index contributed by atoms with van der Waals surface area (Å²) in [6, 6.07) is 12.7. The molecular formula is C16H13ClN2O3. The Bertz CT molecular complexity index is 779. The molecule has 0 saturated heterocycles. The Morgan fingerprint density at radius 1 is 1.00 bits per heavy atom. The second-order valence-electron chi connectivity index (χ2n) is 4.50. The highest BCUT2D eigenvalue weighted by Gasteiger charge is 2.14. The van der Waals surface area contributed by atoms with Gasteiger partial charge in [0.15, 0.2) is 0 Å². The Kier molecular flexibility index (Phi) is 3.98. The third-order valence-corrected chi connectivity index (χ3v) is 3.47. The average Bonchev–Trinajstić information content (AvgIpc) is 3.04. The second kappa shape index (κ2) is 6.07. The summed E-state index contributed by atoms with van der Waals surface area (Å²) in [6.45, 7) is 0. The van der Waals surface area contributed by atoms with Crippen LogP contribution in [-0.4, -0.2) is 24.4 Å². The van der Waals surface area contributed by atoms with Gasteiger partial charge in [0.05, 0.1) is 19.2 Å². The van der Waals surface area contributed by atoms with E-state index in [0.29, 0.717) is 39.4 Å². The molecule has 22 heavy (non-hydrogen) atoms. The third kappa shape index (κ3) is 2.76. The van der Waals surface area contributed by atoms with Crippen LogP contribution in [0.15, 0.2) is 47.0 Å². The first-order valence-electron chi connectivity index (χ1n) is 6.53. The molecular weight excluding hydrogens is 304 g/mol. The van der Waals surface area contributed by atoms with Gasteiger partial charge >= 0.3 is 0 Å². The number of halogens is 1. The van der Waals surface area contributed by atoms with Crippen molar-refractivity contribution in [2.75, 3.05) is 14.2 Å². The lowest BCUT2D eigenvalue weighted by atomic mass is 10.2. The summed E-state index contributed by atoms with van der Waals surface area (Å²) >= 11 is 6.15. The lowest BCUT2D eigenvalue weighted by Gasteiger charge is -2.05. The fraction of sp³-hybridized carbons (Fsp3) is 0.125. The zero-order valence-electron chi connectivity index (χ0n) is 12.0. The Morgan fingerprint density at radius 2 is 1.68 bits per heavy atom. The molecule has 0 aliphatic carbocycles. The largest absolute Gasteiger partial charge is 0.497 e. The van der Waals surface area contributed by atoms with Gasteiger partial charge in [0, 0.05) is 17.2 Å². The summed E-state index contributed by atoms with van der Waals surface area (Å²) in [7, 11) is 3.17. The predicted octanol–water partition coefficient (Wildman–Crippen LogP) is 4.07. The minimum atomic E-state index is 0.368. The summed E-state index contributed by atoms with van der Waals surface area (Å²) < 4.78 is 15.8. The van der Waals surface area contributed by atoms with Gasteiger partial charge in [-0.25, -0.2) is 0 Å². The predicted molar refractivity (Wildman–Crippen MR) is 83.3 cm³/mol. The van der Waals surface area contributed by atoms with Gasteiger partial charge in [-0.05, 0) is 24.3 Å². The Labute approximate surface area is 132 Å². The van der Waals surface area contributed by atoms with Crippen molar-refractivity contribution in [3.63, 3.8) is 0 Å². The molecule has 0 saturated carbocycles. The molecule has 0 N–H and O–H groups in total. The molecule has 6 heteroatoms. The molecule has 3 aromatic rings. The molecule has 0 unspecified atom stereocenters. The maximum absolute atomic E-state index is 6.15. The maximum atomic E-state index is 6.15. The highest BCUT2D eigenvalue weighted by atomic mass is 35.5. The molecule has 0 bridgehead atoms. The summed E-state index contributed by atoms with van der Waals surface area (Å²) in [6.07, 6.45) is 0. The minimum Gasteiger partial charge on any atom is -0.497 e.